The summed E-state index contributed by atoms with van der Waals surface area (Å²) in [6, 6.07) is 10.7. The number of aromatic amines is 1. The molecule has 0 spiro atoms. The van der Waals surface area contributed by atoms with E-state index < -0.39 is 0 Å². The molecule has 0 atom stereocenters. The van der Waals surface area contributed by atoms with Gasteiger partial charge in [0.2, 0.25) is 5.91 Å². The number of likely N-dealkylation sites (tertiary alicyclic amines) is 1. The van der Waals surface area contributed by atoms with Gasteiger partial charge in [-0.3, -0.25) is 4.79 Å². The van der Waals surface area contributed by atoms with Crippen molar-refractivity contribution in [2.75, 3.05) is 26.3 Å². The van der Waals surface area contributed by atoms with Crippen molar-refractivity contribution < 1.29 is 9.53 Å². The van der Waals surface area contributed by atoms with Gasteiger partial charge in [-0.25, -0.2) is 0 Å². The maximum atomic E-state index is 12.6. The number of para-hydroxylation sites is 1. The predicted molar refractivity (Wildman–Crippen MR) is 90.4 cm³/mol. The molecular formula is C19H24N2O2. The van der Waals surface area contributed by atoms with Crippen LogP contribution in [0.3, 0.4) is 0 Å². The summed E-state index contributed by atoms with van der Waals surface area (Å²) < 4.78 is 5.37. The van der Waals surface area contributed by atoms with E-state index in [9.17, 15) is 4.79 Å². The van der Waals surface area contributed by atoms with Gasteiger partial charge >= 0.3 is 0 Å². The Morgan fingerprint density at radius 3 is 2.57 bits per heavy atom. The maximum Gasteiger partial charge on any atom is 0.225 e. The maximum absolute atomic E-state index is 12.6. The molecule has 4 heteroatoms. The highest BCUT2D eigenvalue weighted by Crippen LogP contribution is 2.31. The summed E-state index contributed by atoms with van der Waals surface area (Å²) in [6.07, 6.45) is 3.89. The summed E-state index contributed by atoms with van der Waals surface area (Å²) in [6.45, 7) is 3.25. The van der Waals surface area contributed by atoms with E-state index in [2.05, 4.69) is 40.2 Å². The number of carbonyl (C=O) groups excluding carboxylic acids is 1. The van der Waals surface area contributed by atoms with Crippen LogP contribution < -0.4 is 0 Å². The zero-order chi connectivity index (χ0) is 15.6. The Kier molecular flexibility index (Phi) is 4.08. The van der Waals surface area contributed by atoms with Crippen LogP contribution >= 0.6 is 0 Å². The molecule has 2 aromatic rings. The Bertz CT molecular complexity index is 646. The Morgan fingerprint density at radius 1 is 1.09 bits per heavy atom. The quantitative estimate of drug-likeness (QED) is 0.925. The van der Waals surface area contributed by atoms with Gasteiger partial charge in [0.15, 0.2) is 0 Å². The van der Waals surface area contributed by atoms with Crippen molar-refractivity contribution in [3.63, 3.8) is 0 Å². The Morgan fingerprint density at radius 2 is 1.83 bits per heavy atom. The zero-order valence-corrected chi connectivity index (χ0v) is 13.5. The Hall–Kier alpha value is -1.81. The molecule has 23 heavy (non-hydrogen) atoms. The second kappa shape index (κ2) is 6.36. The number of piperidine rings is 1. The molecule has 1 amide bonds. The number of benzene rings is 1. The lowest BCUT2D eigenvalue weighted by atomic mass is 9.91. The van der Waals surface area contributed by atoms with E-state index in [0.29, 0.717) is 11.8 Å². The van der Waals surface area contributed by atoms with E-state index in [1.54, 1.807) is 0 Å². The number of nitrogens with one attached hydrogen (secondary N) is 1. The minimum atomic E-state index is 0.188. The molecule has 0 aliphatic carbocycles. The average molecular weight is 312 g/mol. The number of nitrogens with zero attached hydrogens (tertiary/aromatic N) is 1. The summed E-state index contributed by atoms with van der Waals surface area (Å²) in [4.78, 5) is 18.2. The molecule has 2 fully saturated rings. The second-order valence-electron chi connectivity index (χ2n) is 6.80. The number of hydrogen-bond donors (Lipinski definition) is 1. The van der Waals surface area contributed by atoms with Gasteiger partial charge in [-0.15, -0.1) is 0 Å². The highest BCUT2D eigenvalue weighted by Gasteiger charge is 2.30. The van der Waals surface area contributed by atoms with Crippen molar-refractivity contribution in [1.82, 2.24) is 9.88 Å². The summed E-state index contributed by atoms with van der Waals surface area (Å²) in [5.74, 6) is 1.08. The first kappa shape index (κ1) is 14.8. The van der Waals surface area contributed by atoms with E-state index >= 15 is 0 Å². The van der Waals surface area contributed by atoms with Crippen LogP contribution in [-0.2, 0) is 9.53 Å². The monoisotopic (exact) mass is 312 g/mol. The molecule has 0 saturated carbocycles. The third kappa shape index (κ3) is 3.00. The molecule has 0 radical (unpaired) electrons. The Balaban J connectivity index is 1.39. The molecule has 1 aromatic heterocycles. The van der Waals surface area contributed by atoms with Gasteiger partial charge in [-0.2, -0.15) is 0 Å². The molecule has 2 aliphatic heterocycles. The van der Waals surface area contributed by atoms with Crippen LogP contribution in [0.15, 0.2) is 30.3 Å². The van der Waals surface area contributed by atoms with E-state index in [4.69, 9.17) is 4.74 Å². The van der Waals surface area contributed by atoms with Gasteiger partial charge in [0.25, 0.3) is 0 Å². The first-order chi connectivity index (χ1) is 11.3. The summed E-state index contributed by atoms with van der Waals surface area (Å²) >= 11 is 0. The van der Waals surface area contributed by atoms with Crippen molar-refractivity contribution in [2.45, 2.75) is 31.6 Å². The lowest BCUT2D eigenvalue weighted by Gasteiger charge is -2.35. The van der Waals surface area contributed by atoms with Crippen molar-refractivity contribution in [3.05, 3.63) is 36.0 Å². The van der Waals surface area contributed by atoms with Gasteiger partial charge in [-0.1, -0.05) is 18.2 Å². The van der Waals surface area contributed by atoms with Crippen LogP contribution in [-0.4, -0.2) is 42.1 Å². The number of amides is 1. The minimum absolute atomic E-state index is 0.188. The molecule has 1 aromatic carbocycles. The van der Waals surface area contributed by atoms with E-state index in [-0.39, 0.29) is 5.92 Å². The van der Waals surface area contributed by atoms with Crippen molar-refractivity contribution in [2.24, 2.45) is 5.92 Å². The minimum Gasteiger partial charge on any atom is -0.381 e. The molecule has 3 heterocycles. The fourth-order valence-electron chi connectivity index (χ4n) is 3.93. The van der Waals surface area contributed by atoms with Crippen molar-refractivity contribution in [1.29, 1.82) is 0 Å². The van der Waals surface area contributed by atoms with E-state index in [1.165, 1.54) is 16.6 Å². The number of H-pyrrole nitrogens is 1. The van der Waals surface area contributed by atoms with Gasteiger partial charge in [0, 0.05) is 49.3 Å². The SMILES string of the molecule is O=C(C1CCOCC1)N1CCC(c2cc3ccccc3[nH]2)CC1. The zero-order valence-electron chi connectivity index (χ0n) is 13.5. The molecular weight excluding hydrogens is 288 g/mol. The molecule has 2 aliphatic rings. The normalized spacial score (nSPS) is 21.0. The van der Waals surface area contributed by atoms with E-state index in [1.807, 2.05) is 0 Å². The topological polar surface area (TPSA) is 45.3 Å². The van der Waals surface area contributed by atoms with E-state index in [0.717, 1.165) is 52.0 Å². The molecule has 1 N–H and O–H groups in total. The van der Waals surface area contributed by atoms with Crippen LogP contribution in [0.5, 0.6) is 0 Å². The lowest BCUT2D eigenvalue weighted by Crippen LogP contribution is -2.42. The van der Waals surface area contributed by atoms with Gasteiger partial charge < -0.3 is 14.6 Å². The summed E-state index contributed by atoms with van der Waals surface area (Å²) in [5, 5.41) is 1.28. The molecule has 2 saturated heterocycles. The number of aromatic nitrogens is 1. The van der Waals surface area contributed by atoms with Crippen molar-refractivity contribution in [3.8, 4) is 0 Å². The smallest absolute Gasteiger partial charge is 0.225 e. The molecule has 0 bridgehead atoms. The largest absolute Gasteiger partial charge is 0.381 e. The third-order valence-corrected chi connectivity index (χ3v) is 5.37. The van der Waals surface area contributed by atoms with Crippen molar-refractivity contribution >= 4 is 16.8 Å². The van der Waals surface area contributed by atoms with Crippen LogP contribution in [0.4, 0.5) is 0 Å². The fraction of sp³-hybridized carbons (Fsp3) is 0.526. The van der Waals surface area contributed by atoms with Gasteiger partial charge in [0.05, 0.1) is 0 Å². The molecule has 4 rings (SSSR count). The Labute approximate surface area is 136 Å². The number of rotatable bonds is 2. The first-order valence-corrected chi connectivity index (χ1v) is 8.75. The molecule has 122 valence electrons. The highest BCUT2D eigenvalue weighted by molar-refractivity contribution is 5.80. The van der Waals surface area contributed by atoms with Crippen LogP contribution in [0.1, 0.15) is 37.3 Å². The second-order valence-corrected chi connectivity index (χ2v) is 6.80. The summed E-state index contributed by atoms with van der Waals surface area (Å²) in [5.41, 5.74) is 2.53. The number of hydrogen-bond acceptors (Lipinski definition) is 2. The predicted octanol–water partition coefficient (Wildman–Crippen LogP) is 3.30. The first-order valence-electron chi connectivity index (χ1n) is 8.75. The number of ether oxygens (including phenoxy) is 1. The van der Waals surface area contributed by atoms with Gasteiger partial charge in [0.1, 0.15) is 0 Å². The molecule has 0 unspecified atom stereocenters. The molecule has 4 nitrogen and oxygen atoms in total. The lowest BCUT2D eigenvalue weighted by molar-refractivity contribution is -0.139. The number of carbonyl (C=O) groups is 1. The van der Waals surface area contributed by atoms with Crippen LogP contribution in [0.2, 0.25) is 0 Å². The standard InChI is InChI=1S/C19H24N2O2/c22-19(15-7-11-23-12-8-15)21-9-5-14(6-10-21)18-13-16-3-1-2-4-17(16)20-18/h1-4,13-15,20H,5-12H2. The third-order valence-electron chi connectivity index (χ3n) is 5.37. The van der Waals surface area contributed by atoms with Crippen LogP contribution in [0, 0.1) is 5.92 Å². The average Bonchev–Trinajstić information content (AvgIpc) is 3.06. The van der Waals surface area contributed by atoms with Crippen LogP contribution in [0.25, 0.3) is 10.9 Å². The van der Waals surface area contributed by atoms with Gasteiger partial charge in [-0.05, 0) is 43.2 Å². The highest BCUT2D eigenvalue weighted by atomic mass is 16.5. The summed E-state index contributed by atoms with van der Waals surface area (Å²) in [7, 11) is 0. The number of fused-ring (bicyclic) bond motifs is 1. The fourth-order valence-corrected chi connectivity index (χ4v) is 3.93.